The fourth-order valence-corrected chi connectivity index (χ4v) is 6.12. The molecular formula is C40H24O2. The Hall–Kier alpha value is -5.60. The van der Waals surface area contributed by atoms with Crippen LogP contribution in [0, 0.1) is 0 Å². The van der Waals surface area contributed by atoms with Crippen LogP contribution in [-0.2, 0) is 0 Å². The molecule has 0 saturated heterocycles. The second-order valence-electron chi connectivity index (χ2n) is 10.3. The van der Waals surface area contributed by atoms with Gasteiger partial charge in [0.05, 0.1) is 17.2 Å². The summed E-state index contributed by atoms with van der Waals surface area (Å²) in [6, 6.07) is 25.3. The molecule has 0 saturated carbocycles. The highest BCUT2D eigenvalue weighted by molar-refractivity contribution is 6.21. The van der Waals surface area contributed by atoms with Crippen molar-refractivity contribution < 1.29 is 19.8 Å². The number of hydrogen-bond acceptors (Lipinski definition) is 2. The number of rotatable bonds is 3. The summed E-state index contributed by atoms with van der Waals surface area (Å²) < 4.78 is 83.0. The summed E-state index contributed by atoms with van der Waals surface area (Å²) in [5, 5.41) is 3.55. The maximum absolute atomic E-state index is 9.12. The third-order valence-electron chi connectivity index (χ3n) is 8.01. The first-order valence-electron chi connectivity index (χ1n) is 17.6. The third-order valence-corrected chi connectivity index (χ3v) is 8.01. The summed E-state index contributed by atoms with van der Waals surface area (Å²) >= 11 is 0. The zero-order valence-corrected chi connectivity index (χ0v) is 22.1. The molecule has 2 heterocycles. The zero-order chi connectivity index (χ0) is 34.6. The predicted octanol–water partition coefficient (Wildman–Crippen LogP) is 11.6. The maximum Gasteiger partial charge on any atom is 0.178 e. The molecule has 42 heavy (non-hydrogen) atoms. The van der Waals surface area contributed by atoms with Crippen LogP contribution in [0.3, 0.4) is 0 Å². The molecule has 0 radical (unpaired) electrons. The predicted molar refractivity (Wildman–Crippen MR) is 175 cm³/mol. The van der Waals surface area contributed by atoms with Crippen molar-refractivity contribution in [1.82, 2.24) is 0 Å². The molecule has 0 N–H and O–H groups in total. The van der Waals surface area contributed by atoms with Gasteiger partial charge in [-0.3, -0.25) is 0 Å². The quantitative estimate of drug-likeness (QED) is 0.207. The smallest absolute Gasteiger partial charge is 0.178 e. The average Bonchev–Trinajstić information content (AvgIpc) is 3.76. The van der Waals surface area contributed by atoms with Crippen LogP contribution in [0.1, 0.15) is 11.0 Å². The van der Waals surface area contributed by atoms with E-state index >= 15 is 0 Å². The van der Waals surface area contributed by atoms with E-state index in [1.165, 1.54) is 0 Å². The molecule has 0 aliphatic heterocycles. The van der Waals surface area contributed by atoms with Crippen LogP contribution in [-0.4, -0.2) is 0 Å². The lowest BCUT2D eigenvalue weighted by Crippen LogP contribution is -1.90. The van der Waals surface area contributed by atoms with Gasteiger partial charge in [0.1, 0.15) is 5.58 Å². The van der Waals surface area contributed by atoms with E-state index in [0.29, 0.717) is 33.4 Å². The summed E-state index contributed by atoms with van der Waals surface area (Å²) in [4.78, 5) is 0. The fourth-order valence-electron chi connectivity index (χ4n) is 6.12. The van der Waals surface area contributed by atoms with Crippen LogP contribution in [0.2, 0.25) is 0 Å². The van der Waals surface area contributed by atoms with E-state index in [9.17, 15) is 0 Å². The molecule has 0 bridgehead atoms. The zero-order valence-electron chi connectivity index (χ0n) is 30.1. The van der Waals surface area contributed by atoms with Gasteiger partial charge < -0.3 is 8.83 Å². The Balaban J connectivity index is 1.34. The molecule has 0 spiro atoms. The van der Waals surface area contributed by atoms with E-state index in [-0.39, 0.29) is 45.7 Å². The van der Waals surface area contributed by atoms with Crippen LogP contribution in [0.25, 0.3) is 87.8 Å². The molecule has 2 nitrogen and oxygen atoms in total. The first-order valence-corrected chi connectivity index (χ1v) is 13.6. The molecule has 9 aromatic rings. The van der Waals surface area contributed by atoms with Gasteiger partial charge in [0, 0.05) is 21.7 Å². The average molecular weight is 545 g/mol. The van der Waals surface area contributed by atoms with Crippen molar-refractivity contribution in [2.45, 2.75) is 0 Å². The first-order chi connectivity index (χ1) is 24.2. The van der Waals surface area contributed by atoms with Crippen molar-refractivity contribution in [2.75, 3.05) is 0 Å². The van der Waals surface area contributed by atoms with Gasteiger partial charge in [-0.05, 0) is 67.6 Å². The van der Waals surface area contributed by atoms with Crippen LogP contribution in [0.5, 0.6) is 0 Å². The molecule has 0 fully saturated rings. The van der Waals surface area contributed by atoms with E-state index in [2.05, 4.69) is 0 Å². The van der Waals surface area contributed by atoms with Crippen molar-refractivity contribution in [3.63, 3.8) is 0 Å². The Morgan fingerprint density at radius 3 is 1.64 bits per heavy atom. The van der Waals surface area contributed by atoms with E-state index in [4.69, 9.17) is 19.8 Å². The summed E-state index contributed by atoms with van der Waals surface area (Å²) in [6.45, 7) is 0. The maximum atomic E-state index is 9.12. The highest BCUT2D eigenvalue weighted by atomic mass is 16.4. The molecule has 7 aromatic carbocycles. The van der Waals surface area contributed by atoms with Gasteiger partial charge >= 0.3 is 0 Å². The lowest BCUT2D eigenvalue weighted by Gasteiger charge is -2.17. The molecule has 0 atom stereocenters. The Morgan fingerprint density at radius 2 is 0.976 bits per heavy atom. The monoisotopic (exact) mass is 544 g/mol. The standard InChI is InChI=1S/C40H24O2/c1-2-10-26(11-3-1)37-29-13-4-6-15-31(29)38(32-16-7-5-14-30(32)37)27-20-18-25(19-21-27)35-24-41-39-34(35)23-22-33-28-12-8-9-17-36(28)42-40(33)39/h1-24H/i4D,5D,6D,7D,13D,14D,15D,16D. The van der Waals surface area contributed by atoms with Crippen LogP contribution < -0.4 is 0 Å². The van der Waals surface area contributed by atoms with Crippen LogP contribution >= 0.6 is 0 Å². The van der Waals surface area contributed by atoms with Gasteiger partial charge in [0.2, 0.25) is 0 Å². The van der Waals surface area contributed by atoms with Gasteiger partial charge in [-0.1, -0.05) is 121 Å². The molecular weight excluding hydrogens is 512 g/mol. The van der Waals surface area contributed by atoms with Gasteiger partial charge in [0.25, 0.3) is 0 Å². The first kappa shape index (κ1) is 16.6. The van der Waals surface area contributed by atoms with Gasteiger partial charge in [-0.25, -0.2) is 0 Å². The minimum atomic E-state index is -0.429. The number of para-hydroxylation sites is 1. The Morgan fingerprint density at radius 1 is 0.429 bits per heavy atom. The van der Waals surface area contributed by atoms with Gasteiger partial charge in [-0.15, -0.1) is 0 Å². The topological polar surface area (TPSA) is 26.3 Å². The highest BCUT2D eigenvalue weighted by Gasteiger charge is 2.18. The minimum absolute atomic E-state index is 0.182. The number of hydrogen-bond donors (Lipinski definition) is 0. The number of benzene rings is 7. The number of furan rings is 2. The summed E-state index contributed by atoms with van der Waals surface area (Å²) in [7, 11) is 0. The van der Waals surface area contributed by atoms with Crippen molar-refractivity contribution >= 4 is 54.5 Å². The van der Waals surface area contributed by atoms with Crippen molar-refractivity contribution in [3.8, 4) is 33.4 Å². The third kappa shape index (κ3) is 3.33. The highest BCUT2D eigenvalue weighted by Crippen LogP contribution is 2.44. The second-order valence-corrected chi connectivity index (χ2v) is 10.3. The molecule has 196 valence electrons. The molecule has 9 rings (SSSR count). The fraction of sp³-hybridized carbons (Fsp3) is 0. The lowest BCUT2D eigenvalue weighted by molar-refractivity contribution is 0.600. The molecule has 2 aromatic heterocycles. The Kier molecular flexibility index (Phi) is 3.54. The van der Waals surface area contributed by atoms with Gasteiger partial charge in [-0.2, -0.15) is 0 Å². The van der Waals surface area contributed by atoms with Crippen molar-refractivity contribution in [3.05, 3.63) is 146 Å². The second kappa shape index (κ2) is 8.95. The molecule has 0 aliphatic rings. The van der Waals surface area contributed by atoms with E-state index in [1.54, 1.807) is 30.5 Å². The minimum Gasteiger partial charge on any atom is -0.460 e. The number of fused-ring (bicyclic) bond motifs is 7. The molecule has 0 unspecified atom stereocenters. The summed E-state index contributed by atoms with van der Waals surface area (Å²) in [6.07, 6.45) is 1.68. The lowest BCUT2D eigenvalue weighted by atomic mass is 9.86. The summed E-state index contributed by atoms with van der Waals surface area (Å²) in [5.74, 6) is 0. The van der Waals surface area contributed by atoms with E-state index in [1.807, 2.05) is 66.7 Å². The largest absolute Gasteiger partial charge is 0.460 e. The van der Waals surface area contributed by atoms with Gasteiger partial charge in [0.15, 0.2) is 11.2 Å². The van der Waals surface area contributed by atoms with Crippen molar-refractivity contribution in [2.24, 2.45) is 0 Å². The Labute approximate surface area is 253 Å². The van der Waals surface area contributed by atoms with E-state index < -0.39 is 24.2 Å². The molecule has 2 heteroatoms. The molecule has 0 amide bonds. The normalized spacial score (nSPS) is 14.5. The Bertz CT molecular complexity index is 2810. The van der Waals surface area contributed by atoms with Crippen molar-refractivity contribution in [1.29, 1.82) is 0 Å². The van der Waals surface area contributed by atoms with Crippen LogP contribution in [0.15, 0.2) is 154 Å². The van der Waals surface area contributed by atoms with E-state index in [0.717, 1.165) is 32.9 Å². The van der Waals surface area contributed by atoms with Crippen LogP contribution in [0.4, 0.5) is 0 Å². The SMILES string of the molecule is [2H]c1c([2H])c([2H])c2c(-c3ccc(-c4coc5c4ccc4c6ccccc6oc45)cc3)c3c([2H])c([2H])c([2H])c([2H])c3c(-c3ccccc3)c2c1[2H]. The molecule has 0 aliphatic carbocycles. The summed E-state index contributed by atoms with van der Waals surface area (Å²) in [5.41, 5.74) is 5.44.